The summed E-state index contributed by atoms with van der Waals surface area (Å²) in [7, 11) is 0. The predicted octanol–water partition coefficient (Wildman–Crippen LogP) is 4.16. The Balaban J connectivity index is 2.22. The fourth-order valence-electron chi connectivity index (χ4n) is 2.70. The largest absolute Gasteiger partial charge is 0.478 e. The highest BCUT2D eigenvalue weighted by Gasteiger charge is 2.17. The highest BCUT2D eigenvalue weighted by atomic mass is 19.3. The smallest absolute Gasteiger partial charge is 0.387 e. The zero-order chi connectivity index (χ0) is 19.6. The number of nitrogens with one attached hydrogen (secondary N) is 1. The monoisotopic (exact) mass is 372 g/mol. The second-order valence-corrected chi connectivity index (χ2v) is 5.65. The van der Waals surface area contributed by atoms with Crippen molar-refractivity contribution in [2.24, 2.45) is 0 Å². The van der Waals surface area contributed by atoms with Gasteiger partial charge in [-0.05, 0) is 36.4 Å². The molecule has 2 aromatic carbocycles. The summed E-state index contributed by atoms with van der Waals surface area (Å²) in [4.78, 5) is 27.3. The van der Waals surface area contributed by atoms with Crippen LogP contribution in [0, 0.1) is 0 Å². The number of aromatic nitrogens is 1. The predicted molar refractivity (Wildman–Crippen MR) is 95.1 cm³/mol. The number of hydrogen-bond acceptors (Lipinski definition) is 4. The minimum atomic E-state index is -3.03. The molecule has 6 nitrogen and oxygen atoms in total. The number of pyridine rings is 1. The first kappa shape index (κ1) is 18.2. The second-order valence-electron chi connectivity index (χ2n) is 5.65. The zero-order valence-electron chi connectivity index (χ0n) is 14.1. The molecule has 138 valence electrons. The van der Waals surface area contributed by atoms with Gasteiger partial charge in [0.2, 0.25) is 5.91 Å². The Morgan fingerprint density at radius 1 is 1.15 bits per heavy atom. The number of benzene rings is 2. The molecule has 0 fully saturated rings. The summed E-state index contributed by atoms with van der Waals surface area (Å²) >= 11 is 0. The molecule has 3 rings (SSSR count). The van der Waals surface area contributed by atoms with Crippen molar-refractivity contribution in [3.8, 4) is 17.0 Å². The van der Waals surface area contributed by atoms with Crippen LogP contribution in [-0.2, 0) is 4.79 Å². The number of alkyl halides is 2. The van der Waals surface area contributed by atoms with E-state index < -0.39 is 12.6 Å². The maximum atomic E-state index is 12.7. The number of halogens is 2. The van der Waals surface area contributed by atoms with Gasteiger partial charge in [-0.3, -0.25) is 4.79 Å². The van der Waals surface area contributed by atoms with Gasteiger partial charge in [0.15, 0.2) is 0 Å². The number of rotatable bonds is 5. The van der Waals surface area contributed by atoms with Crippen LogP contribution in [0.1, 0.15) is 17.3 Å². The van der Waals surface area contributed by atoms with Gasteiger partial charge in [-0.25, -0.2) is 9.78 Å². The molecule has 0 atom stereocenters. The number of carboxylic acid groups (broad SMARTS) is 1. The zero-order valence-corrected chi connectivity index (χ0v) is 14.1. The molecule has 1 aromatic heterocycles. The van der Waals surface area contributed by atoms with Crippen LogP contribution < -0.4 is 10.1 Å². The van der Waals surface area contributed by atoms with Gasteiger partial charge in [-0.2, -0.15) is 8.78 Å². The molecule has 0 unspecified atom stereocenters. The first-order chi connectivity index (χ1) is 12.8. The number of amides is 1. The Morgan fingerprint density at radius 3 is 2.56 bits per heavy atom. The number of fused-ring (bicyclic) bond motifs is 1. The summed E-state index contributed by atoms with van der Waals surface area (Å²) in [5.74, 6) is -1.60. The lowest BCUT2D eigenvalue weighted by Crippen LogP contribution is -2.07. The van der Waals surface area contributed by atoms with Crippen LogP contribution in [0.25, 0.3) is 22.2 Å². The van der Waals surface area contributed by atoms with Crippen molar-refractivity contribution in [1.82, 2.24) is 4.98 Å². The van der Waals surface area contributed by atoms with E-state index in [9.17, 15) is 23.5 Å². The van der Waals surface area contributed by atoms with Crippen LogP contribution in [0.2, 0.25) is 0 Å². The Morgan fingerprint density at radius 2 is 1.89 bits per heavy atom. The summed E-state index contributed by atoms with van der Waals surface area (Å²) < 4.78 is 29.9. The lowest BCUT2D eigenvalue weighted by atomic mass is 10.0. The SMILES string of the molecule is CC(=O)Nc1ccc2c(C(=O)O)cc(-c3ccccc3OC(F)F)nc2c1. The molecular weight excluding hydrogens is 358 g/mol. The van der Waals surface area contributed by atoms with Gasteiger partial charge in [0.1, 0.15) is 5.75 Å². The number of nitrogens with zero attached hydrogens (tertiary/aromatic N) is 1. The fraction of sp³-hybridized carbons (Fsp3) is 0.105. The third-order valence-electron chi connectivity index (χ3n) is 3.74. The van der Waals surface area contributed by atoms with E-state index in [4.69, 9.17) is 0 Å². The molecule has 2 N–H and O–H groups in total. The topological polar surface area (TPSA) is 88.5 Å². The first-order valence-electron chi connectivity index (χ1n) is 7.85. The molecule has 0 radical (unpaired) electrons. The van der Waals surface area contributed by atoms with Crippen molar-refractivity contribution in [1.29, 1.82) is 0 Å². The normalized spacial score (nSPS) is 10.8. The summed E-state index contributed by atoms with van der Waals surface area (Å²) in [6, 6.07) is 11.9. The Kier molecular flexibility index (Phi) is 4.98. The van der Waals surface area contributed by atoms with Crippen molar-refractivity contribution < 1.29 is 28.2 Å². The van der Waals surface area contributed by atoms with Gasteiger partial charge >= 0.3 is 12.6 Å². The molecule has 0 saturated carbocycles. The lowest BCUT2D eigenvalue weighted by Gasteiger charge is -2.12. The minimum absolute atomic E-state index is 0.0452. The van der Waals surface area contributed by atoms with Gasteiger partial charge in [0, 0.05) is 23.6 Å². The Hall–Kier alpha value is -3.55. The van der Waals surface area contributed by atoms with Gasteiger partial charge in [-0.1, -0.05) is 12.1 Å². The number of carbonyl (C=O) groups excluding carboxylic acids is 1. The maximum absolute atomic E-state index is 12.7. The number of ether oxygens (including phenoxy) is 1. The van der Waals surface area contributed by atoms with Gasteiger partial charge < -0.3 is 15.2 Å². The van der Waals surface area contributed by atoms with Crippen LogP contribution in [0.3, 0.4) is 0 Å². The van der Waals surface area contributed by atoms with Crippen molar-refractivity contribution in [2.45, 2.75) is 13.5 Å². The third kappa shape index (κ3) is 4.00. The Bertz CT molecular complexity index is 1040. The number of anilines is 1. The molecule has 0 saturated heterocycles. The number of carbonyl (C=O) groups is 2. The lowest BCUT2D eigenvalue weighted by molar-refractivity contribution is -0.114. The standard InChI is InChI=1S/C19H14F2N2O4/c1-10(24)22-11-6-7-12-14(18(25)26)9-16(23-15(12)8-11)13-4-2-3-5-17(13)27-19(20)21/h2-9,19H,1H3,(H,22,24)(H,25,26). The molecular formula is C19H14F2N2O4. The van der Waals surface area contributed by atoms with Crippen LogP contribution in [0.15, 0.2) is 48.5 Å². The quantitative estimate of drug-likeness (QED) is 0.702. The molecule has 27 heavy (non-hydrogen) atoms. The van der Waals surface area contributed by atoms with Crippen molar-refractivity contribution in [3.63, 3.8) is 0 Å². The summed E-state index contributed by atoms with van der Waals surface area (Å²) in [5.41, 5.74) is 1.08. The summed E-state index contributed by atoms with van der Waals surface area (Å²) in [6.07, 6.45) is 0. The number of carboxylic acids is 1. The van der Waals surface area contributed by atoms with Crippen LogP contribution >= 0.6 is 0 Å². The average Bonchev–Trinajstić information content (AvgIpc) is 2.60. The highest BCUT2D eigenvalue weighted by molar-refractivity contribution is 6.05. The Labute approximate surface area is 152 Å². The van der Waals surface area contributed by atoms with E-state index in [-0.39, 0.29) is 28.5 Å². The summed E-state index contributed by atoms with van der Waals surface area (Å²) in [6.45, 7) is -1.69. The summed E-state index contributed by atoms with van der Waals surface area (Å²) in [5, 5.41) is 12.5. The fourth-order valence-corrected chi connectivity index (χ4v) is 2.70. The average molecular weight is 372 g/mol. The van der Waals surface area contributed by atoms with E-state index in [1.807, 2.05) is 0 Å². The van der Waals surface area contributed by atoms with E-state index in [2.05, 4.69) is 15.0 Å². The van der Waals surface area contributed by atoms with Crippen LogP contribution in [0.5, 0.6) is 5.75 Å². The first-order valence-corrected chi connectivity index (χ1v) is 7.85. The van der Waals surface area contributed by atoms with Gasteiger partial charge in [-0.15, -0.1) is 0 Å². The van der Waals surface area contributed by atoms with E-state index in [1.165, 1.54) is 43.3 Å². The van der Waals surface area contributed by atoms with E-state index in [1.54, 1.807) is 12.1 Å². The second kappa shape index (κ2) is 7.36. The molecule has 1 amide bonds. The molecule has 8 heteroatoms. The molecule has 3 aromatic rings. The molecule has 0 bridgehead atoms. The third-order valence-corrected chi connectivity index (χ3v) is 3.74. The minimum Gasteiger partial charge on any atom is -0.478 e. The molecule has 1 heterocycles. The molecule has 0 aliphatic rings. The van der Waals surface area contributed by atoms with E-state index in [0.29, 0.717) is 16.6 Å². The van der Waals surface area contributed by atoms with Gasteiger partial charge in [0.25, 0.3) is 0 Å². The number of aromatic carboxylic acids is 1. The van der Waals surface area contributed by atoms with Crippen molar-refractivity contribution in [3.05, 3.63) is 54.1 Å². The van der Waals surface area contributed by atoms with Crippen LogP contribution in [0.4, 0.5) is 14.5 Å². The van der Waals surface area contributed by atoms with E-state index in [0.717, 1.165) is 0 Å². The molecule has 0 spiro atoms. The molecule has 0 aliphatic heterocycles. The van der Waals surface area contributed by atoms with Crippen molar-refractivity contribution in [2.75, 3.05) is 5.32 Å². The highest BCUT2D eigenvalue weighted by Crippen LogP contribution is 2.33. The van der Waals surface area contributed by atoms with E-state index >= 15 is 0 Å². The number of para-hydroxylation sites is 1. The maximum Gasteiger partial charge on any atom is 0.387 e. The van der Waals surface area contributed by atoms with Crippen molar-refractivity contribution >= 4 is 28.5 Å². The number of hydrogen-bond donors (Lipinski definition) is 2. The molecule has 0 aliphatic carbocycles. The van der Waals surface area contributed by atoms with Crippen LogP contribution in [-0.4, -0.2) is 28.6 Å². The van der Waals surface area contributed by atoms with Gasteiger partial charge in [0.05, 0.1) is 16.8 Å².